The fraction of sp³-hybridized carbons (Fsp3) is 0.0625. The molecular formula is C64H44N2O2. The Morgan fingerprint density at radius 2 is 0.647 bits per heavy atom. The van der Waals surface area contributed by atoms with E-state index in [1.165, 1.54) is 76.1 Å². The Bertz CT molecular complexity index is 4080. The maximum absolute atomic E-state index is 6.99. The highest BCUT2D eigenvalue weighted by Gasteiger charge is 2.29. The molecule has 0 atom stereocenters. The van der Waals surface area contributed by atoms with E-state index in [9.17, 15) is 0 Å². The Kier molecular flexibility index (Phi) is 8.21. The lowest BCUT2D eigenvalue weighted by Gasteiger charge is -2.32. The summed E-state index contributed by atoms with van der Waals surface area (Å²) in [7, 11) is 0. The molecule has 4 nitrogen and oxygen atoms in total. The van der Waals surface area contributed by atoms with Crippen LogP contribution >= 0.6 is 0 Å². The molecule has 0 unspecified atom stereocenters. The number of para-hydroxylation sites is 4. The van der Waals surface area contributed by atoms with Crippen LogP contribution in [0.1, 0.15) is 22.3 Å². The second-order valence-corrected chi connectivity index (χ2v) is 18.6. The van der Waals surface area contributed by atoms with Crippen LogP contribution in [0, 0.1) is 27.7 Å². The van der Waals surface area contributed by atoms with Gasteiger partial charge in [0.1, 0.15) is 11.2 Å². The molecule has 0 saturated heterocycles. The van der Waals surface area contributed by atoms with Crippen LogP contribution in [0.25, 0.3) is 97.7 Å². The standard InChI is InChI=1S/C64H44N2O2/c1-37-15-13-16-38(2)61(37)65(53-35-43-19-5-7-21-45(43)59-49-23-9-11-25-55(49)67-63(53)59)51-33-29-41-28-32-48-52(34-30-42-27-31-47(51)57(41)58(42)48)66(62-39(3)17-14-18-40(62)4)54-36-44-20-6-8-22-46(44)60-50-24-10-12-26-56(50)68-64(54)60/h5-36H,1-4H3. The van der Waals surface area contributed by atoms with Gasteiger partial charge in [0.15, 0.2) is 11.2 Å². The Morgan fingerprint density at radius 3 is 1.07 bits per heavy atom. The second kappa shape index (κ2) is 14.4. The van der Waals surface area contributed by atoms with Gasteiger partial charge in [-0.1, -0.05) is 158 Å². The number of aryl methyl sites for hydroxylation is 4. The topological polar surface area (TPSA) is 32.8 Å². The lowest BCUT2D eigenvalue weighted by atomic mass is 9.91. The largest absolute Gasteiger partial charge is 0.454 e. The van der Waals surface area contributed by atoms with Crippen molar-refractivity contribution in [2.24, 2.45) is 0 Å². The van der Waals surface area contributed by atoms with E-state index in [1.807, 2.05) is 0 Å². The van der Waals surface area contributed by atoms with Crippen LogP contribution < -0.4 is 9.80 Å². The summed E-state index contributed by atoms with van der Waals surface area (Å²) in [4.78, 5) is 4.95. The van der Waals surface area contributed by atoms with Crippen molar-refractivity contribution in [1.82, 2.24) is 0 Å². The van der Waals surface area contributed by atoms with Crippen molar-refractivity contribution in [3.63, 3.8) is 0 Å². The SMILES string of the molecule is Cc1cccc(C)c1N(c1ccc2ccc3c(N(c4c(C)cccc4C)c4cc5ccccc5c5c4oc4ccccc45)ccc4ccc1c2c43)c1cc2ccccc2c2c1oc1ccccc12. The molecule has 12 aromatic carbocycles. The number of anilines is 6. The summed E-state index contributed by atoms with van der Waals surface area (Å²) in [5.41, 5.74) is 14.8. The maximum atomic E-state index is 6.99. The monoisotopic (exact) mass is 872 g/mol. The molecular weight excluding hydrogens is 829 g/mol. The minimum absolute atomic E-state index is 0.872. The minimum atomic E-state index is 0.872. The number of hydrogen-bond donors (Lipinski definition) is 0. The summed E-state index contributed by atoms with van der Waals surface area (Å²) in [5, 5.41) is 16.4. The first kappa shape index (κ1) is 38.6. The maximum Gasteiger partial charge on any atom is 0.160 e. The Balaban J connectivity index is 1.09. The van der Waals surface area contributed by atoms with E-state index in [0.29, 0.717) is 0 Å². The van der Waals surface area contributed by atoms with Gasteiger partial charge in [0.2, 0.25) is 0 Å². The van der Waals surface area contributed by atoms with Crippen LogP contribution in [0.5, 0.6) is 0 Å². The van der Waals surface area contributed by atoms with E-state index in [0.717, 1.165) is 78.0 Å². The highest BCUT2D eigenvalue weighted by molar-refractivity contribution is 6.30. The minimum Gasteiger partial charge on any atom is -0.454 e. The number of furan rings is 2. The number of nitrogens with zero attached hydrogens (tertiary/aromatic N) is 2. The van der Waals surface area contributed by atoms with Gasteiger partial charge in [-0.3, -0.25) is 0 Å². The molecule has 0 amide bonds. The summed E-state index contributed by atoms with van der Waals surface area (Å²) >= 11 is 0. The zero-order valence-corrected chi connectivity index (χ0v) is 38.2. The quantitative estimate of drug-likeness (QED) is 0.156. The van der Waals surface area contributed by atoms with Gasteiger partial charge in [0.25, 0.3) is 0 Å². The fourth-order valence-corrected chi connectivity index (χ4v) is 11.7. The van der Waals surface area contributed by atoms with Crippen molar-refractivity contribution in [2.75, 3.05) is 9.80 Å². The average Bonchev–Trinajstić information content (AvgIpc) is 3.96. The third kappa shape index (κ3) is 5.43. The highest BCUT2D eigenvalue weighted by atomic mass is 16.3. The predicted molar refractivity (Wildman–Crippen MR) is 288 cm³/mol. The molecule has 0 aliphatic heterocycles. The summed E-state index contributed by atoms with van der Waals surface area (Å²) in [5.74, 6) is 0. The lowest BCUT2D eigenvalue weighted by Crippen LogP contribution is -2.14. The van der Waals surface area contributed by atoms with Gasteiger partial charge < -0.3 is 18.6 Å². The van der Waals surface area contributed by atoms with E-state index in [2.05, 4.69) is 232 Å². The summed E-state index contributed by atoms with van der Waals surface area (Å²) < 4.78 is 14.0. The molecule has 0 bridgehead atoms. The average molecular weight is 873 g/mol. The molecule has 322 valence electrons. The zero-order valence-electron chi connectivity index (χ0n) is 38.2. The highest BCUT2D eigenvalue weighted by Crippen LogP contribution is 2.53. The van der Waals surface area contributed by atoms with Crippen LogP contribution in [0.4, 0.5) is 34.1 Å². The van der Waals surface area contributed by atoms with Crippen LogP contribution in [-0.4, -0.2) is 0 Å². The van der Waals surface area contributed by atoms with Gasteiger partial charge >= 0.3 is 0 Å². The zero-order chi connectivity index (χ0) is 45.4. The lowest BCUT2D eigenvalue weighted by molar-refractivity contribution is 0.669. The van der Waals surface area contributed by atoms with E-state index in [-0.39, 0.29) is 0 Å². The first-order chi connectivity index (χ1) is 33.4. The van der Waals surface area contributed by atoms with Crippen molar-refractivity contribution in [3.05, 3.63) is 216 Å². The molecule has 0 fully saturated rings. The van der Waals surface area contributed by atoms with Crippen LogP contribution in [-0.2, 0) is 0 Å². The predicted octanol–water partition coefficient (Wildman–Crippen LogP) is 18.9. The van der Waals surface area contributed by atoms with Crippen molar-refractivity contribution in [1.29, 1.82) is 0 Å². The molecule has 0 saturated carbocycles. The van der Waals surface area contributed by atoms with Crippen molar-refractivity contribution >= 4 is 132 Å². The van der Waals surface area contributed by atoms with Gasteiger partial charge in [-0.25, -0.2) is 0 Å². The molecule has 2 heterocycles. The summed E-state index contributed by atoms with van der Waals surface area (Å²) in [6.45, 7) is 8.90. The van der Waals surface area contributed by atoms with E-state index in [1.54, 1.807) is 0 Å². The number of rotatable bonds is 6. The number of hydrogen-bond acceptors (Lipinski definition) is 4. The smallest absolute Gasteiger partial charge is 0.160 e. The summed E-state index contributed by atoms with van der Waals surface area (Å²) in [6.07, 6.45) is 0. The van der Waals surface area contributed by atoms with E-state index < -0.39 is 0 Å². The molecule has 14 aromatic rings. The van der Waals surface area contributed by atoms with Crippen molar-refractivity contribution in [3.8, 4) is 0 Å². The van der Waals surface area contributed by atoms with Gasteiger partial charge in [-0.15, -0.1) is 0 Å². The van der Waals surface area contributed by atoms with E-state index >= 15 is 0 Å². The first-order valence-corrected chi connectivity index (χ1v) is 23.5. The van der Waals surface area contributed by atoms with Gasteiger partial charge in [0, 0.05) is 32.3 Å². The van der Waals surface area contributed by atoms with Crippen molar-refractivity contribution < 1.29 is 8.83 Å². The Morgan fingerprint density at radius 1 is 0.279 bits per heavy atom. The third-order valence-corrected chi connectivity index (χ3v) is 14.6. The van der Waals surface area contributed by atoms with Crippen LogP contribution in [0.2, 0.25) is 0 Å². The van der Waals surface area contributed by atoms with Gasteiger partial charge in [0.05, 0.1) is 34.1 Å². The number of benzene rings is 12. The van der Waals surface area contributed by atoms with Gasteiger partial charge in [-0.2, -0.15) is 0 Å². The second-order valence-electron chi connectivity index (χ2n) is 18.6. The third-order valence-electron chi connectivity index (χ3n) is 14.6. The normalized spacial score (nSPS) is 12.1. The molecule has 2 aromatic heterocycles. The van der Waals surface area contributed by atoms with Crippen LogP contribution in [0.3, 0.4) is 0 Å². The molecule has 68 heavy (non-hydrogen) atoms. The van der Waals surface area contributed by atoms with Crippen LogP contribution in [0.15, 0.2) is 203 Å². The first-order valence-electron chi connectivity index (χ1n) is 23.5. The molecule has 0 radical (unpaired) electrons. The van der Waals surface area contributed by atoms with Crippen molar-refractivity contribution in [2.45, 2.75) is 27.7 Å². The fourth-order valence-electron chi connectivity index (χ4n) is 11.7. The molecule has 14 rings (SSSR count). The molecule has 0 spiro atoms. The molecule has 4 heteroatoms. The number of fused-ring (bicyclic) bond motifs is 10. The molecule has 0 aliphatic carbocycles. The van der Waals surface area contributed by atoms with E-state index in [4.69, 9.17) is 8.83 Å². The summed E-state index contributed by atoms with van der Waals surface area (Å²) in [6, 6.07) is 70.7. The Hall–Kier alpha value is -8.60. The Labute approximate surface area is 392 Å². The van der Waals surface area contributed by atoms with Gasteiger partial charge in [-0.05, 0) is 129 Å². The molecule has 0 N–H and O–H groups in total. The molecule has 0 aliphatic rings.